The Balaban J connectivity index is 2.65. The molecule has 1 amide bonds. The highest BCUT2D eigenvalue weighted by Crippen LogP contribution is 2.17. The highest BCUT2D eigenvalue weighted by molar-refractivity contribution is 9.10. The normalized spacial score (nSPS) is 12.2. The predicted molar refractivity (Wildman–Crippen MR) is 81.6 cm³/mol. The third-order valence-corrected chi connectivity index (χ3v) is 3.40. The zero-order chi connectivity index (χ0) is 16.0. The van der Waals surface area contributed by atoms with Gasteiger partial charge < -0.3 is 10.4 Å². The van der Waals surface area contributed by atoms with E-state index in [9.17, 15) is 14.0 Å². The molecule has 1 aromatic carbocycles. The molecule has 1 rings (SSSR count). The van der Waals surface area contributed by atoms with Gasteiger partial charge in [-0.2, -0.15) is 0 Å². The molecule has 2 N–H and O–H groups in total. The lowest BCUT2D eigenvalue weighted by Crippen LogP contribution is -2.31. The molecule has 4 nitrogen and oxygen atoms in total. The number of rotatable bonds is 7. The van der Waals surface area contributed by atoms with E-state index in [0.717, 1.165) is 6.07 Å². The molecule has 1 atom stereocenters. The molecule has 0 heterocycles. The van der Waals surface area contributed by atoms with Crippen molar-refractivity contribution in [3.63, 3.8) is 0 Å². The van der Waals surface area contributed by atoms with E-state index in [-0.39, 0.29) is 24.4 Å². The highest BCUT2D eigenvalue weighted by Gasteiger charge is 2.17. The Morgan fingerprint density at radius 3 is 2.52 bits per heavy atom. The summed E-state index contributed by atoms with van der Waals surface area (Å²) < 4.78 is 13.7. The van der Waals surface area contributed by atoms with Crippen LogP contribution in [0, 0.1) is 17.7 Å². The molecule has 1 aromatic rings. The fraction of sp³-hybridized carbons (Fsp3) is 0.467. The van der Waals surface area contributed by atoms with Gasteiger partial charge in [0.2, 0.25) is 0 Å². The lowest BCUT2D eigenvalue weighted by molar-refractivity contribution is -0.138. The van der Waals surface area contributed by atoms with Crippen LogP contribution in [0.5, 0.6) is 0 Å². The van der Waals surface area contributed by atoms with E-state index < -0.39 is 17.7 Å². The number of aliphatic carboxylic acids is 1. The van der Waals surface area contributed by atoms with Crippen molar-refractivity contribution >= 4 is 27.8 Å². The number of hydrogen-bond acceptors (Lipinski definition) is 2. The summed E-state index contributed by atoms with van der Waals surface area (Å²) in [6.07, 6.45) is 0.713. The van der Waals surface area contributed by atoms with Crippen LogP contribution in [0.2, 0.25) is 0 Å². The summed E-state index contributed by atoms with van der Waals surface area (Å²) in [5.41, 5.74) is 0.209. The smallest absolute Gasteiger partial charge is 0.303 e. The average Bonchev–Trinajstić information content (AvgIpc) is 2.32. The van der Waals surface area contributed by atoms with Crippen molar-refractivity contribution in [3.05, 3.63) is 34.1 Å². The zero-order valence-electron chi connectivity index (χ0n) is 12.0. The van der Waals surface area contributed by atoms with Gasteiger partial charge in [-0.15, -0.1) is 0 Å². The van der Waals surface area contributed by atoms with Crippen LogP contribution >= 0.6 is 15.9 Å². The monoisotopic (exact) mass is 359 g/mol. The Kier molecular flexibility index (Phi) is 6.81. The molecule has 0 aliphatic rings. The first-order valence-electron chi connectivity index (χ1n) is 6.74. The maximum absolute atomic E-state index is 13.2. The minimum atomic E-state index is -0.886. The molecule has 0 saturated heterocycles. The maximum atomic E-state index is 13.2. The lowest BCUT2D eigenvalue weighted by Gasteiger charge is -2.17. The van der Waals surface area contributed by atoms with Gasteiger partial charge in [-0.05, 0) is 36.5 Å². The van der Waals surface area contributed by atoms with Crippen molar-refractivity contribution in [1.82, 2.24) is 5.32 Å². The van der Waals surface area contributed by atoms with Gasteiger partial charge >= 0.3 is 5.97 Å². The summed E-state index contributed by atoms with van der Waals surface area (Å²) in [7, 11) is 0. The van der Waals surface area contributed by atoms with Crippen molar-refractivity contribution in [2.24, 2.45) is 11.8 Å². The molecule has 0 spiro atoms. The standard InChI is InChI=1S/C15H19BrFNO3/c1-9(2)3-10(4-14(19)20)8-18-15(21)11-5-12(16)7-13(17)6-11/h5-7,9-10H,3-4,8H2,1-2H3,(H,18,21)(H,19,20)/t10-/m0/s1. The summed E-state index contributed by atoms with van der Waals surface area (Å²) in [6.45, 7) is 4.26. The van der Waals surface area contributed by atoms with E-state index in [1.54, 1.807) is 0 Å². The second-order valence-corrected chi connectivity index (χ2v) is 6.38. The van der Waals surface area contributed by atoms with Gasteiger partial charge in [0.25, 0.3) is 5.91 Å². The van der Waals surface area contributed by atoms with E-state index >= 15 is 0 Å². The number of amides is 1. The van der Waals surface area contributed by atoms with E-state index in [1.165, 1.54) is 12.1 Å². The van der Waals surface area contributed by atoms with Gasteiger partial charge in [0.1, 0.15) is 5.82 Å². The fourth-order valence-corrected chi connectivity index (χ4v) is 2.64. The number of carboxylic acids is 1. The second kappa shape index (κ2) is 8.12. The van der Waals surface area contributed by atoms with E-state index in [4.69, 9.17) is 5.11 Å². The third-order valence-electron chi connectivity index (χ3n) is 2.94. The molecular formula is C15H19BrFNO3. The predicted octanol–water partition coefficient (Wildman–Crippen LogP) is 3.46. The molecule has 6 heteroatoms. The number of carbonyl (C=O) groups is 2. The molecule has 0 unspecified atom stereocenters. The van der Waals surface area contributed by atoms with Crippen molar-refractivity contribution in [2.45, 2.75) is 26.7 Å². The van der Waals surface area contributed by atoms with Crippen molar-refractivity contribution in [3.8, 4) is 0 Å². The van der Waals surface area contributed by atoms with Crippen LogP contribution < -0.4 is 5.32 Å². The third kappa shape index (κ3) is 6.71. The van der Waals surface area contributed by atoms with Gasteiger partial charge in [0.15, 0.2) is 0 Å². The van der Waals surface area contributed by atoms with Gasteiger partial charge in [0, 0.05) is 23.0 Å². The largest absolute Gasteiger partial charge is 0.481 e. The molecule has 0 aromatic heterocycles. The number of nitrogens with one attached hydrogen (secondary N) is 1. The van der Waals surface area contributed by atoms with Gasteiger partial charge in [0.05, 0.1) is 0 Å². The molecule has 0 saturated carbocycles. The van der Waals surface area contributed by atoms with E-state index in [2.05, 4.69) is 21.2 Å². The number of hydrogen-bond donors (Lipinski definition) is 2. The number of carbonyl (C=O) groups excluding carboxylic acids is 1. The Morgan fingerprint density at radius 2 is 2.00 bits per heavy atom. The molecule has 0 radical (unpaired) electrons. The van der Waals surface area contributed by atoms with Crippen molar-refractivity contribution in [2.75, 3.05) is 6.54 Å². The summed E-state index contributed by atoms with van der Waals surface area (Å²) in [4.78, 5) is 22.8. The van der Waals surface area contributed by atoms with Gasteiger partial charge in [-0.1, -0.05) is 29.8 Å². The maximum Gasteiger partial charge on any atom is 0.303 e. The zero-order valence-corrected chi connectivity index (χ0v) is 13.6. The van der Waals surface area contributed by atoms with Crippen LogP contribution in [0.15, 0.2) is 22.7 Å². The molecule has 21 heavy (non-hydrogen) atoms. The first kappa shape index (κ1) is 17.6. The molecule has 0 aliphatic heterocycles. The van der Waals surface area contributed by atoms with Crippen molar-refractivity contribution in [1.29, 1.82) is 0 Å². The van der Waals surface area contributed by atoms with Crippen LogP contribution in [-0.2, 0) is 4.79 Å². The highest BCUT2D eigenvalue weighted by atomic mass is 79.9. The quantitative estimate of drug-likeness (QED) is 0.783. The first-order chi connectivity index (χ1) is 9.77. The molecule has 0 bridgehead atoms. The average molecular weight is 360 g/mol. The summed E-state index contributed by atoms with van der Waals surface area (Å²) >= 11 is 3.13. The Bertz CT molecular complexity index is 499. The topological polar surface area (TPSA) is 66.4 Å². The molecule has 116 valence electrons. The summed E-state index contributed by atoms with van der Waals surface area (Å²) in [5, 5.41) is 11.6. The molecule has 0 fully saturated rings. The van der Waals surface area contributed by atoms with E-state index in [0.29, 0.717) is 16.8 Å². The first-order valence-corrected chi connectivity index (χ1v) is 7.53. The molecular weight excluding hydrogens is 341 g/mol. The molecule has 0 aliphatic carbocycles. The SMILES string of the molecule is CC(C)C[C@H](CNC(=O)c1cc(F)cc(Br)c1)CC(=O)O. The minimum absolute atomic E-state index is 0.00526. The second-order valence-electron chi connectivity index (χ2n) is 5.46. The Labute approximate surface area is 131 Å². The van der Waals surface area contributed by atoms with Crippen molar-refractivity contribution < 1.29 is 19.1 Å². The van der Waals surface area contributed by atoms with Gasteiger partial charge in [-0.25, -0.2) is 4.39 Å². The van der Waals surface area contributed by atoms with Crippen LogP contribution in [0.3, 0.4) is 0 Å². The fourth-order valence-electron chi connectivity index (χ4n) is 2.18. The number of benzene rings is 1. The van der Waals surface area contributed by atoms with Crippen LogP contribution in [0.1, 0.15) is 37.0 Å². The number of halogens is 2. The van der Waals surface area contributed by atoms with Gasteiger partial charge in [-0.3, -0.25) is 9.59 Å². The lowest BCUT2D eigenvalue weighted by atomic mass is 9.94. The number of carboxylic acid groups (broad SMARTS) is 1. The van der Waals surface area contributed by atoms with Crippen LogP contribution in [0.25, 0.3) is 0 Å². The minimum Gasteiger partial charge on any atom is -0.481 e. The summed E-state index contributed by atoms with van der Waals surface area (Å²) in [5.74, 6) is -1.59. The Morgan fingerprint density at radius 1 is 1.33 bits per heavy atom. The Hall–Kier alpha value is -1.43. The van der Waals surface area contributed by atoms with E-state index in [1.807, 2.05) is 13.8 Å². The van der Waals surface area contributed by atoms with Crippen LogP contribution in [-0.4, -0.2) is 23.5 Å². The van der Waals surface area contributed by atoms with Crippen LogP contribution in [0.4, 0.5) is 4.39 Å². The summed E-state index contributed by atoms with van der Waals surface area (Å²) in [6, 6.07) is 3.94.